The van der Waals surface area contributed by atoms with Crippen molar-refractivity contribution in [2.45, 2.75) is 12.5 Å². The fourth-order valence-electron chi connectivity index (χ4n) is 1.86. The predicted molar refractivity (Wildman–Crippen MR) is 88.6 cm³/mol. The van der Waals surface area contributed by atoms with Crippen molar-refractivity contribution < 1.29 is 10.0 Å². The second kappa shape index (κ2) is 6.64. The molecule has 6 heteroatoms. The molecule has 2 aromatic rings. The average Bonchev–Trinajstić information content (AvgIpc) is 2.42. The molecule has 0 saturated heterocycles. The monoisotopic (exact) mass is 447 g/mol. The van der Waals surface area contributed by atoms with E-state index in [1.165, 1.54) is 12.1 Å². The van der Waals surface area contributed by atoms with Gasteiger partial charge in [-0.15, -0.1) is 0 Å². The normalized spacial score (nSPS) is 12.2. The number of nitrogens with zero attached hydrogens (tertiary/aromatic N) is 1. The summed E-state index contributed by atoms with van der Waals surface area (Å²) in [5.41, 5.74) is 1.72. The molecule has 0 aliphatic heterocycles. The van der Waals surface area contributed by atoms with Crippen molar-refractivity contribution in [2.75, 3.05) is 0 Å². The Kier molecular flexibility index (Phi) is 5.11. The van der Waals surface area contributed by atoms with Gasteiger partial charge in [-0.25, -0.2) is 0 Å². The summed E-state index contributed by atoms with van der Waals surface area (Å²) in [4.78, 5) is 10.2. The summed E-state index contributed by atoms with van der Waals surface area (Å²) in [5.74, 6) is 0. The highest BCUT2D eigenvalue weighted by atomic mass is 127. The summed E-state index contributed by atoms with van der Waals surface area (Å²) < 4.78 is 1.90. The van der Waals surface area contributed by atoms with Crippen molar-refractivity contribution in [1.29, 1.82) is 0 Å². The van der Waals surface area contributed by atoms with Crippen molar-refractivity contribution in [3.05, 3.63) is 71.7 Å². The molecule has 0 fully saturated rings. The first-order valence-electron chi connectivity index (χ1n) is 5.83. The van der Waals surface area contributed by atoms with Crippen LogP contribution in [-0.2, 0) is 6.42 Å². The number of non-ortho nitro benzene ring substituents is 1. The number of hydrogen-bond acceptors (Lipinski definition) is 3. The molecule has 1 atom stereocenters. The van der Waals surface area contributed by atoms with Gasteiger partial charge in [0.25, 0.3) is 5.69 Å². The topological polar surface area (TPSA) is 63.4 Å². The van der Waals surface area contributed by atoms with Gasteiger partial charge in [-0.3, -0.25) is 10.1 Å². The number of aliphatic hydroxyl groups is 1. The molecule has 0 amide bonds. The lowest BCUT2D eigenvalue weighted by atomic mass is 10.0. The third-order valence-corrected chi connectivity index (χ3v) is 4.29. The molecule has 0 saturated carbocycles. The number of nitro benzene ring substituents is 1. The van der Waals surface area contributed by atoms with Crippen LogP contribution in [0.1, 0.15) is 17.2 Å². The zero-order valence-electron chi connectivity index (χ0n) is 10.3. The fourth-order valence-corrected chi connectivity index (χ4v) is 2.88. The second-order valence-corrected chi connectivity index (χ2v) is 6.41. The maximum atomic E-state index is 10.6. The Morgan fingerprint density at radius 3 is 2.50 bits per heavy atom. The molecule has 104 valence electrons. The van der Waals surface area contributed by atoms with Crippen molar-refractivity contribution in [3.8, 4) is 0 Å². The number of halogens is 2. The standard InChI is InChI=1S/C14H11BrINO3/c15-13-6-3-10(16)8-12(13)14(18)7-9-1-4-11(5-2-9)17(19)20/h1-6,8,14,18H,7H2. The Hall–Kier alpha value is -0.990. The smallest absolute Gasteiger partial charge is 0.269 e. The van der Waals surface area contributed by atoms with Gasteiger partial charge in [-0.05, 0) is 51.9 Å². The van der Waals surface area contributed by atoms with E-state index >= 15 is 0 Å². The fraction of sp³-hybridized carbons (Fsp3) is 0.143. The third-order valence-electron chi connectivity index (χ3n) is 2.89. The first-order chi connectivity index (χ1) is 9.47. The van der Waals surface area contributed by atoms with Gasteiger partial charge < -0.3 is 5.11 Å². The lowest BCUT2D eigenvalue weighted by molar-refractivity contribution is -0.384. The Morgan fingerprint density at radius 1 is 1.25 bits per heavy atom. The van der Waals surface area contributed by atoms with Gasteiger partial charge >= 0.3 is 0 Å². The van der Waals surface area contributed by atoms with Crippen LogP contribution in [0.4, 0.5) is 5.69 Å². The first kappa shape index (κ1) is 15.4. The molecule has 0 aromatic heterocycles. The van der Waals surface area contributed by atoms with Crippen LogP contribution < -0.4 is 0 Å². The van der Waals surface area contributed by atoms with Crippen molar-refractivity contribution in [1.82, 2.24) is 0 Å². The third kappa shape index (κ3) is 3.77. The molecule has 20 heavy (non-hydrogen) atoms. The highest BCUT2D eigenvalue weighted by Gasteiger charge is 2.13. The van der Waals surface area contributed by atoms with Crippen molar-refractivity contribution >= 4 is 44.2 Å². The highest BCUT2D eigenvalue weighted by molar-refractivity contribution is 14.1. The zero-order valence-corrected chi connectivity index (χ0v) is 14.0. The minimum atomic E-state index is -0.652. The minimum Gasteiger partial charge on any atom is -0.388 e. The number of hydrogen-bond donors (Lipinski definition) is 1. The molecule has 0 aliphatic rings. The molecule has 0 bridgehead atoms. The molecular formula is C14H11BrINO3. The molecular weight excluding hydrogens is 437 g/mol. The van der Waals surface area contributed by atoms with E-state index in [0.29, 0.717) is 6.42 Å². The van der Waals surface area contributed by atoms with Crippen LogP contribution in [0.3, 0.4) is 0 Å². The summed E-state index contributed by atoms with van der Waals surface area (Å²) in [7, 11) is 0. The van der Waals surface area contributed by atoms with E-state index in [1.54, 1.807) is 12.1 Å². The van der Waals surface area contributed by atoms with Crippen LogP contribution in [0.5, 0.6) is 0 Å². The predicted octanol–water partition coefficient (Wildman–Crippen LogP) is 4.24. The van der Waals surface area contributed by atoms with E-state index in [0.717, 1.165) is 19.2 Å². The molecule has 0 radical (unpaired) electrons. The van der Waals surface area contributed by atoms with E-state index < -0.39 is 11.0 Å². The van der Waals surface area contributed by atoms with Gasteiger partial charge in [0.1, 0.15) is 0 Å². The van der Waals surface area contributed by atoms with E-state index in [2.05, 4.69) is 38.5 Å². The lowest BCUT2D eigenvalue weighted by Crippen LogP contribution is -2.03. The Morgan fingerprint density at radius 2 is 1.90 bits per heavy atom. The molecule has 2 rings (SSSR count). The average molecular weight is 448 g/mol. The van der Waals surface area contributed by atoms with E-state index in [-0.39, 0.29) is 5.69 Å². The number of rotatable bonds is 4. The van der Waals surface area contributed by atoms with Crippen LogP contribution in [0.25, 0.3) is 0 Å². The largest absolute Gasteiger partial charge is 0.388 e. The van der Waals surface area contributed by atoms with Gasteiger partial charge in [0.05, 0.1) is 11.0 Å². The summed E-state index contributed by atoms with van der Waals surface area (Å²) in [6, 6.07) is 12.0. The first-order valence-corrected chi connectivity index (χ1v) is 7.71. The molecule has 2 aromatic carbocycles. The highest BCUT2D eigenvalue weighted by Crippen LogP contribution is 2.28. The summed E-state index contributed by atoms with van der Waals surface area (Å²) in [5, 5.41) is 20.9. The van der Waals surface area contributed by atoms with Gasteiger partial charge in [0.15, 0.2) is 0 Å². The lowest BCUT2D eigenvalue weighted by Gasteiger charge is -2.13. The van der Waals surface area contributed by atoms with Crippen LogP contribution in [0.15, 0.2) is 46.9 Å². The summed E-state index contributed by atoms with van der Waals surface area (Å²) in [6.45, 7) is 0. The number of benzene rings is 2. The maximum Gasteiger partial charge on any atom is 0.269 e. The van der Waals surface area contributed by atoms with E-state index in [4.69, 9.17) is 0 Å². The molecule has 4 nitrogen and oxygen atoms in total. The zero-order chi connectivity index (χ0) is 14.7. The molecule has 0 spiro atoms. The Bertz CT molecular complexity index is 631. The molecule has 1 N–H and O–H groups in total. The Balaban J connectivity index is 2.16. The SMILES string of the molecule is O=[N+]([O-])c1ccc(CC(O)c2cc(I)ccc2Br)cc1. The molecule has 0 aliphatic carbocycles. The van der Waals surface area contributed by atoms with Crippen molar-refractivity contribution in [2.24, 2.45) is 0 Å². The van der Waals surface area contributed by atoms with Crippen LogP contribution >= 0.6 is 38.5 Å². The van der Waals surface area contributed by atoms with Gasteiger partial charge in [-0.2, -0.15) is 0 Å². The minimum absolute atomic E-state index is 0.0543. The van der Waals surface area contributed by atoms with E-state index in [1.807, 2.05) is 18.2 Å². The van der Waals surface area contributed by atoms with Crippen LogP contribution in [-0.4, -0.2) is 10.0 Å². The van der Waals surface area contributed by atoms with Crippen LogP contribution in [0.2, 0.25) is 0 Å². The van der Waals surface area contributed by atoms with E-state index in [9.17, 15) is 15.2 Å². The molecule has 0 heterocycles. The summed E-state index contributed by atoms with van der Waals surface area (Å²) in [6.07, 6.45) is -0.239. The van der Waals surface area contributed by atoms with Gasteiger partial charge in [0.2, 0.25) is 0 Å². The number of aliphatic hydroxyl groups excluding tert-OH is 1. The number of nitro groups is 1. The van der Waals surface area contributed by atoms with Crippen LogP contribution in [0, 0.1) is 13.7 Å². The quantitative estimate of drug-likeness (QED) is 0.433. The maximum absolute atomic E-state index is 10.6. The molecule has 1 unspecified atom stereocenters. The second-order valence-electron chi connectivity index (χ2n) is 4.31. The Labute approximate surface area is 138 Å². The van der Waals surface area contributed by atoms with Gasteiger partial charge in [-0.1, -0.05) is 28.1 Å². The van der Waals surface area contributed by atoms with Crippen molar-refractivity contribution in [3.63, 3.8) is 0 Å². The van der Waals surface area contributed by atoms with Gasteiger partial charge in [0, 0.05) is 26.6 Å². The summed E-state index contributed by atoms with van der Waals surface area (Å²) >= 11 is 5.61.